The number of carbonyl (C=O) groups is 2. The second-order valence-electron chi connectivity index (χ2n) is 2.80. The van der Waals surface area contributed by atoms with Gasteiger partial charge in [0, 0.05) is 0 Å². The minimum Gasteiger partial charge on any atom is -0.480 e. The number of hydrogen-bond acceptors (Lipinski definition) is 4. The van der Waals surface area contributed by atoms with Gasteiger partial charge in [0.1, 0.15) is 0 Å². The van der Waals surface area contributed by atoms with Crippen LogP contribution >= 0.6 is 0 Å². The van der Waals surface area contributed by atoms with Crippen LogP contribution in [0.1, 0.15) is 13.3 Å². The third-order valence-corrected chi connectivity index (χ3v) is 1.78. The lowest BCUT2D eigenvalue weighted by atomic mass is 10.1. The minimum atomic E-state index is -3.11. The van der Waals surface area contributed by atoms with Gasteiger partial charge in [0.25, 0.3) is 0 Å². The third kappa shape index (κ3) is 4.87. The van der Waals surface area contributed by atoms with Crippen LogP contribution in [-0.4, -0.2) is 43.0 Å². The van der Waals surface area contributed by atoms with Gasteiger partial charge in [0.2, 0.25) is 0 Å². The zero-order chi connectivity index (χ0) is 12.7. The molecule has 8 heteroatoms. The molecular formula is C8H13F2NO5. The molecule has 0 rings (SSSR count). The Kier molecular flexibility index (Phi) is 6.31. The summed E-state index contributed by atoms with van der Waals surface area (Å²) in [5.41, 5.74) is 0. The summed E-state index contributed by atoms with van der Waals surface area (Å²) in [5, 5.41) is 10.6. The Morgan fingerprint density at radius 1 is 1.44 bits per heavy atom. The summed E-state index contributed by atoms with van der Waals surface area (Å²) >= 11 is 0. The van der Waals surface area contributed by atoms with Crippen LogP contribution in [0.4, 0.5) is 13.6 Å². The second-order valence-corrected chi connectivity index (χ2v) is 2.80. The quantitative estimate of drug-likeness (QED) is 0.718. The molecule has 0 radical (unpaired) electrons. The molecule has 1 amide bonds. The largest absolute Gasteiger partial charge is 0.480 e. The molecule has 2 atom stereocenters. The van der Waals surface area contributed by atoms with Gasteiger partial charge in [-0.15, -0.1) is 0 Å². The number of ether oxygens (including phenoxy) is 2. The summed E-state index contributed by atoms with van der Waals surface area (Å²) in [6.45, 7) is -1.65. The first-order valence-electron chi connectivity index (χ1n) is 4.43. The van der Waals surface area contributed by atoms with E-state index in [1.807, 2.05) is 5.32 Å². The number of nitrogens with one attached hydrogen (secondary N) is 1. The van der Waals surface area contributed by atoms with E-state index in [1.54, 1.807) is 0 Å². The zero-order valence-electron chi connectivity index (χ0n) is 8.78. The number of carbonyl (C=O) groups excluding carboxylic acids is 1. The molecule has 0 aromatic rings. The summed E-state index contributed by atoms with van der Waals surface area (Å²) in [7, 11) is 1.03. The van der Waals surface area contributed by atoms with Crippen LogP contribution in [0.5, 0.6) is 0 Å². The molecular weight excluding hydrogens is 228 g/mol. The summed E-state index contributed by atoms with van der Waals surface area (Å²) < 4.78 is 32.2. The van der Waals surface area contributed by atoms with Gasteiger partial charge in [-0.1, -0.05) is 6.92 Å². The molecule has 0 heterocycles. The molecule has 0 saturated carbocycles. The maximum absolute atomic E-state index is 12.0. The highest BCUT2D eigenvalue weighted by Gasteiger charge is 2.31. The average molecular weight is 241 g/mol. The summed E-state index contributed by atoms with van der Waals surface area (Å²) in [6.07, 6.45) is -2.34. The Morgan fingerprint density at radius 3 is 2.31 bits per heavy atom. The number of carboxylic acids is 1. The molecule has 6 nitrogen and oxygen atoms in total. The summed E-state index contributed by atoms with van der Waals surface area (Å²) in [6, 6.07) is -1.58. The molecule has 94 valence electrons. The van der Waals surface area contributed by atoms with Crippen LogP contribution in [-0.2, 0) is 14.3 Å². The predicted molar refractivity (Wildman–Crippen MR) is 48.1 cm³/mol. The average Bonchev–Trinajstić information content (AvgIpc) is 2.21. The van der Waals surface area contributed by atoms with Gasteiger partial charge in [-0.25, -0.2) is 9.59 Å². The number of carboxylic acid groups (broad SMARTS) is 1. The van der Waals surface area contributed by atoms with Crippen molar-refractivity contribution in [3.05, 3.63) is 0 Å². The molecule has 0 unspecified atom stereocenters. The zero-order valence-corrected chi connectivity index (χ0v) is 8.78. The SMILES string of the molecule is CC[C@@H](OC(F)F)[C@H](NC(=O)OC)C(=O)O. The standard InChI is InChI=1S/C8H13F2NO5/c1-3-4(16-7(9)10)5(6(12)13)11-8(14)15-2/h4-5,7H,3H2,1-2H3,(H,11,14)(H,12,13)/t4-,5+/m1/s1. The van der Waals surface area contributed by atoms with E-state index < -0.39 is 30.8 Å². The maximum Gasteiger partial charge on any atom is 0.407 e. The van der Waals surface area contributed by atoms with Crippen molar-refractivity contribution in [1.29, 1.82) is 0 Å². The van der Waals surface area contributed by atoms with E-state index in [9.17, 15) is 18.4 Å². The van der Waals surface area contributed by atoms with Crippen LogP contribution in [0.15, 0.2) is 0 Å². The first-order valence-corrected chi connectivity index (χ1v) is 4.43. The van der Waals surface area contributed by atoms with Gasteiger partial charge in [0.15, 0.2) is 6.04 Å². The van der Waals surface area contributed by atoms with Crippen molar-refractivity contribution in [2.75, 3.05) is 7.11 Å². The van der Waals surface area contributed by atoms with Crippen LogP contribution in [0.3, 0.4) is 0 Å². The predicted octanol–water partition coefficient (Wildman–Crippen LogP) is 0.813. The molecule has 0 spiro atoms. The molecule has 0 bridgehead atoms. The molecule has 16 heavy (non-hydrogen) atoms. The number of alkyl halides is 2. The molecule has 0 aromatic carbocycles. The molecule has 0 aliphatic heterocycles. The second kappa shape index (κ2) is 6.94. The fraction of sp³-hybridized carbons (Fsp3) is 0.750. The number of amides is 1. The van der Waals surface area contributed by atoms with Crippen LogP contribution in [0.2, 0.25) is 0 Å². The summed E-state index contributed by atoms with van der Waals surface area (Å²) in [5.74, 6) is -1.47. The lowest BCUT2D eigenvalue weighted by Crippen LogP contribution is -2.50. The van der Waals surface area contributed by atoms with E-state index in [4.69, 9.17) is 5.11 Å². The van der Waals surface area contributed by atoms with Gasteiger partial charge >= 0.3 is 18.7 Å². The number of halogens is 2. The Morgan fingerprint density at radius 2 is 2.00 bits per heavy atom. The highest BCUT2D eigenvalue weighted by molar-refractivity contribution is 5.80. The fourth-order valence-corrected chi connectivity index (χ4v) is 1.04. The number of alkyl carbamates (subject to hydrolysis) is 1. The molecule has 0 aromatic heterocycles. The van der Waals surface area contributed by atoms with Crippen molar-refractivity contribution in [2.24, 2.45) is 0 Å². The van der Waals surface area contributed by atoms with Gasteiger partial charge < -0.3 is 19.9 Å². The van der Waals surface area contributed by atoms with Gasteiger partial charge in [0.05, 0.1) is 13.2 Å². The normalized spacial score (nSPS) is 14.3. The van der Waals surface area contributed by atoms with Gasteiger partial charge in [-0.05, 0) is 6.42 Å². The fourth-order valence-electron chi connectivity index (χ4n) is 1.04. The van der Waals surface area contributed by atoms with Crippen molar-refractivity contribution < 1.29 is 33.0 Å². The van der Waals surface area contributed by atoms with Gasteiger partial charge in [-0.3, -0.25) is 0 Å². The van der Waals surface area contributed by atoms with Crippen molar-refractivity contribution >= 4 is 12.1 Å². The number of hydrogen-bond donors (Lipinski definition) is 2. The molecule has 2 N–H and O–H groups in total. The van der Waals surface area contributed by atoms with Crippen LogP contribution in [0, 0.1) is 0 Å². The van der Waals surface area contributed by atoms with Crippen molar-refractivity contribution in [1.82, 2.24) is 5.32 Å². The highest BCUT2D eigenvalue weighted by atomic mass is 19.3. The smallest absolute Gasteiger partial charge is 0.407 e. The first-order chi connectivity index (χ1) is 7.42. The lowest BCUT2D eigenvalue weighted by molar-refractivity contribution is -0.178. The maximum atomic E-state index is 12.0. The van der Waals surface area contributed by atoms with Crippen LogP contribution < -0.4 is 5.32 Å². The highest BCUT2D eigenvalue weighted by Crippen LogP contribution is 2.10. The molecule has 0 aliphatic carbocycles. The Balaban J connectivity index is 4.59. The Labute approximate surface area is 90.5 Å². The summed E-state index contributed by atoms with van der Waals surface area (Å²) in [4.78, 5) is 21.5. The first kappa shape index (κ1) is 14.6. The van der Waals surface area contributed by atoms with Crippen LogP contribution in [0.25, 0.3) is 0 Å². The van der Waals surface area contributed by atoms with E-state index >= 15 is 0 Å². The minimum absolute atomic E-state index is 0.00526. The lowest BCUT2D eigenvalue weighted by Gasteiger charge is -2.22. The monoisotopic (exact) mass is 241 g/mol. The van der Waals surface area contributed by atoms with E-state index in [1.165, 1.54) is 6.92 Å². The molecule has 0 aliphatic rings. The Hall–Kier alpha value is -1.44. The Bertz CT molecular complexity index is 249. The molecule has 0 fully saturated rings. The third-order valence-electron chi connectivity index (χ3n) is 1.78. The van der Waals surface area contributed by atoms with Gasteiger partial charge in [-0.2, -0.15) is 8.78 Å². The van der Waals surface area contributed by atoms with E-state index in [0.29, 0.717) is 0 Å². The van der Waals surface area contributed by atoms with E-state index in [-0.39, 0.29) is 6.42 Å². The number of methoxy groups -OCH3 is 1. The van der Waals surface area contributed by atoms with E-state index in [0.717, 1.165) is 7.11 Å². The van der Waals surface area contributed by atoms with Crippen molar-refractivity contribution in [3.8, 4) is 0 Å². The van der Waals surface area contributed by atoms with Crippen molar-refractivity contribution in [2.45, 2.75) is 32.1 Å². The number of rotatable bonds is 6. The number of aliphatic carboxylic acids is 1. The van der Waals surface area contributed by atoms with E-state index in [2.05, 4.69) is 9.47 Å². The molecule has 0 saturated heterocycles. The van der Waals surface area contributed by atoms with Crippen molar-refractivity contribution in [3.63, 3.8) is 0 Å². The topological polar surface area (TPSA) is 84.9 Å².